The van der Waals surface area contributed by atoms with Crippen LogP contribution in [0.4, 0.5) is 0 Å². The van der Waals surface area contributed by atoms with E-state index in [0.717, 1.165) is 37.0 Å². The van der Waals surface area contributed by atoms with Gasteiger partial charge in [0.1, 0.15) is 6.04 Å². The molecule has 3 N–H and O–H groups in total. The molecule has 1 aliphatic rings. The van der Waals surface area contributed by atoms with E-state index in [0.29, 0.717) is 4.88 Å². The van der Waals surface area contributed by atoms with Crippen LogP contribution >= 0.6 is 11.3 Å². The smallest absolute Gasteiger partial charge is 0.293 e. The topological polar surface area (TPSA) is 95.5 Å². The third kappa shape index (κ3) is 4.38. The van der Waals surface area contributed by atoms with Crippen molar-refractivity contribution >= 4 is 28.9 Å². The standard InChI is InChI=1S/C15H20N2O4S/c18-9-11(14(20)16-10-5-2-1-3-6-10)17-15(21)13(19)12-7-4-8-22-12/h4,7-8,10-11,18H,1-3,5-6,9H2,(H,16,20)(H,17,21)/t11-/m0/s1. The molecule has 1 aliphatic carbocycles. The fourth-order valence-electron chi connectivity index (χ4n) is 2.49. The summed E-state index contributed by atoms with van der Waals surface area (Å²) >= 11 is 1.16. The molecule has 22 heavy (non-hydrogen) atoms. The van der Waals surface area contributed by atoms with Gasteiger partial charge in [-0.3, -0.25) is 14.4 Å². The molecule has 7 heteroatoms. The van der Waals surface area contributed by atoms with Crippen molar-refractivity contribution < 1.29 is 19.5 Å². The highest BCUT2D eigenvalue weighted by atomic mass is 32.1. The summed E-state index contributed by atoms with van der Waals surface area (Å²) in [6.07, 6.45) is 5.12. The van der Waals surface area contributed by atoms with E-state index in [1.165, 1.54) is 6.42 Å². The van der Waals surface area contributed by atoms with Crippen LogP contribution in [-0.2, 0) is 9.59 Å². The van der Waals surface area contributed by atoms with E-state index in [-0.39, 0.29) is 6.04 Å². The summed E-state index contributed by atoms with van der Waals surface area (Å²) in [6.45, 7) is -0.540. The molecule has 1 fully saturated rings. The van der Waals surface area contributed by atoms with Crippen molar-refractivity contribution in [3.63, 3.8) is 0 Å². The second-order valence-electron chi connectivity index (χ2n) is 5.36. The normalized spacial score (nSPS) is 16.8. The fraction of sp³-hybridized carbons (Fsp3) is 0.533. The third-order valence-corrected chi connectivity index (χ3v) is 4.58. The Morgan fingerprint density at radius 3 is 2.59 bits per heavy atom. The van der Waals surface area contributed by atoms with Gasteiger partial charge in [-0.05, 0) is 24.3 Å². The molecule has 1 atom stereocenters. The Morgan fingerprint density at radius 2 is 2.00 bits per heavy atom. The van der Waals surface area contributed by atoms with Gasteiger partial charge in [-0.25, -0.2) is 0 Å². The summed E-state index contributed by atoms with van der Waals surface area (Å²) in [5.74, 6) is -2.01. The van der Waals surface area contributed by atoms with Gasteiger partial charge in [-0.15, -0.1) is 11.3 Å². The van der Waals surface area contributed by atoms with Crippen LogP contribution in [-0.4, -0.2) is 41.4 Å². The third-order valence-electron chi connectivity index (χ3n) is 3.71. The minimum absolute atomic E-state index is 0.0835. The number of carbonyl (C=O) groups excluding carboxylic acids is 3. The number of Topliss-reactive ketones (excluding diaryl/α,β-unsaturated/α-hetero) is 1. The number of aliphatic hydroxyl groups is 1. The van der Waals surface area contributed by atoms with E-state index in [1.807, 2.05) is 0 Å². The van der Waals surface area contributed by atoms with Gasteiger partial charge in [0, 0.05) is 6.04 Å². The average Bonchev–Trinajstić information content (AvgIpc) is 3.06. The molecule has 0 bridgehead atoms. The largest absolute Gasteiger partial charge is 0.394 e. The highest BCUT2D eigenvalue weighted by Gasteiger charge is 2.26. The summed E-state index contributed by atoms with van der Waals surface area (Å²) in [4.78, 5) is 36.1. The van der Waals surface area contributed by atoms with Crippen LogP contribution in [0.25, 0.3) is 0 Å². The van der Waals surface area contributed by atoms with Crippen molar-refractivity contribution in [3.05, 3.63) is 22.4 Å². The molecule has 0 saturated heterocycles. The number of amides is 2. The molecule has 2 rings (SSSR count). The summed E-state index contributed by atoms with van der Waals surface area (Å²) < 4.78 is 0. The Labute approximate surface area is 132 Å². The summed E-state index contributed by atoms with van der Waals surface area (Å²) in [5.41, 5.74) is 0. The quantitative estimate of drug-likeness (QED) is 0.534. The molecule has 0 aromatic carbocycles. The van der Waals surface area contributed by atoms with Crippen LogP contribution in [0.3, 0.4) is 0 Å². The zero-order valence-electron chi connectivity index (χ0n) is 12.2. The van der Waals surface area contributed by atoms with Crippen LogP contribution in [0, 0.1) is 0 Å². The maximum absolute atomic E-state index is 12.1. The average molecular weight is 324 g/mol. The molecular weight excluding hydrogens is 304 g/mol. The number of nitrogens with one attached hydrogen (secondary N) is 2. The van der Waals surface area contributed by atoms with Gasteiger partial charge >= 0.3 is 0 Å². The second-order valence-corrected chi connectivity index (χ2v) is 6.31. The van der Waals surface area contributed by atoms with Crippen molar-refractivity contribution in [1.82, 2.24) is 10.6 Å². The fourth-order valence-corrected chi connectivity index (χ4v) is 3.15. The molecule has 0 aliphatic heterocycles. The summed E-state index contributed by atoms with van der Waals surface area (Å²) in [7, 11) is 0. The zero-order chi connectivity index (χ0) is 15.9. The van der Waals surface area contributed by atoms with Crippen molar-refractivity contribution in [2.75, 3.05) is 6.61 Å². The number of hydrogen-bond donors (Lipinski definition) is 3. The SMILES string of the molecule is O=C(N[C@@H](CO)C(=O)NC1CCCCC1)C(=O)c1cccs1. The van der Waals surface area contributed by atoms with E-state index in [4.69, 9.17) is 0 Å². The summed E-state index contributed by atoms with van der Waals surface area (Å²) in [6, 6.07) is 2.20. The van der Waals surface area contributed by atoms with Gasteiger partial charge in [-0.2, -0.15) is 0 Å². The molecule has 2 amide bonds. The number of ketones is 1. The number of aliphatic hydroxyl groups excluding tert-OH is 1. The lowest BCUT2D eigenvalue weighted by atomic mass is 9.95. The van der Waals surface area contributed by atoms with Gasteiger partial charge < -0.3 is 15.7 Å². The van der Waals surface area contributed by atoms with Crippen molar-refractivity contribution in [2.45, 2.75) is 44.2 Å². The van der Waals surface area contributed by atoms with Crippen molar-refractivity contribution in [3.8, 4) is 0 Å². The van der Waals surface area contributed by atoms with E-state index >= 15 is 0 Å². The minimum atomic E-state index is -1.10. The monoisotopic (exact) mass is 324 g/mol. The number of carbonyl (C=O) groups is 3. The Bertz CT molecular complexity index is 524. The number of hydrogen-bond acceptors (Lipinski definition) is 5. The molecular formula is C15H20N2O4S. The predicted molar refractivity (Wildman–Crippen MR) is 82.7 cm³/mol. The van der Waals surface area contributed by atoms with Crippen LogP contribution in [0.15, 0.2) is 17.5 Å². The van der Waals surface area contributed by atoms with E-state index < -0.39 is 30.2 Å². The lowest BCUT2D eigenvalue weighted by Gasteiger charge is -2.25. The molecule has 1 aromatic rings. The molecule has 0 spiro atoms. The van der Waals surface area contributed by atoms with E-state index in [9.17, 15) is 19.5 Å². The minimum Gasteiger partial charge on any atom is -0.394 e. The Morgan fingerprint density at radius 1 is 1.27 bits per heavy atom. The molecule has 1 aromatic heterocycles. The van der Waals surface area contributed by atoms with Gasteiger partial charge in [0.25, 0.3) is 11.7 Å². The molecule has 1 saturated carbocycles. The first-order chi connectivity index (χ1) is 10.6. The maximum atomic E-state index is 12.1. The highest BCUT2D eigenvalue weighted by molar-refractivity contribution is 7.13. The second kappa shape index (κ2) is 8.05. The first kappa shape index (κ1) is 16.6. The van der Waals surface area contributed by atoms with Gasteiger partial charge in [0.05, 0.1) is 11.5 Å². The molecule has 1 heterocycles. The van der Waals surface area contributed by atoms with E-state index in [2.05, 4.69) is 10.6 Å². The van der Waals surface area contributed by atoms with Crippen LogP contribution in [0.5, 0.6) is 0 Å². The molecule has 0 radical (unpaired) electrons. The van der Waals surface area contributed by atoms with Gasteiger partial charge in [0.2, 0.25) is 5.91 Å². The lowest BCUT2D eigenvalue weighted by molar-refractivity contribution is -0.128. The number of rotatable bonds is 6. The van der Waals surface area contributed by atoms with Crippen LogP contribution in [0.1, 0.15) is 41.8 Å². The van der Waals surface area contributed by atoms with E-state index in [1.54, 1.807) is 17.5 Å². The summed E-state index contributed by atoms with van der Waals surface area (Å²) in [5, 5.41) is 16.1. The van der Waals surface area contributed by atoms with Crippen LogP contribution < -0.4 is 10.6 Å². The Kier molecular flexibility index (Phi) is 6.09. The molecule has 0 unspecified atom stereocenters. The first-order valence-corrected chi connectivity index (χ1v) is 8.29. The lowest BCUT2D eigenvalue weighted by Crippen LogP contribution is -2.53. The highest BCUT2D eigenvalue weighted by Crippen LogP contribution is 2.17. The zero-order valence-corrected chi connectivity index (χ0v) is 13.0. The first-order valence-electron chi connectivity index (χ1n) is 7.41. The van der Waals surface area contributed by atoms with Crippen molar-refractivity contribution in [1.29, 1.82) is 0 Å². The Balaban J connectivity index is 1.88. The predicted octanol–water partition coefficient (Wildman–Crippen LogP) is 0.857. The van der Waals surface area contributed by atoms with Gasteiger partial charge in [0.15, 0.2) is 0 Å². The number of thiophene rings is 1. The van der Waals surface area contributed by atoms with Crippen LogP contribution in [0.2, 0.25) is 0 Å². The Hall–Kier alpha value is -1.73. The van der Waals surface area contributed by atoms with Crippen molar-refractivity contribution in [2.24, 2.45) is 0 Å². The van der Waals surface area contributed by atoms with Gasteiger partial charge in [-0.1, -0.05) is 25.3 Å². The molecule has 6 nitrogen and oxygen atoms in total. The molecule has 120 valence electrons. The maximum Gasteiger partial charge on any atom is 0.293 e.